The fourth-order valence-electron chi connectivity index (χ4n) is 3.35. The minimum atomic E-state index is -3.09. The summed E-state index contributed by atoms with van der Waals surface area (Å²) in [7, 11) is -3.09. The highest BCUT2D eigenvalue weighted by Crippen LogP contribution is 2.39. The molecule has 10 heteroatoms. The molecule has 3 rings (SSSR count). The Balaban J connectivity index is 1.64. The minimum Gasteiger partial charge on any atom is -0.444 e. The van der Waals surface area contributed by atoms with Gasteiger partial charge in [0.05, 0.1) is 17.5 Å². The van der Waals surface area contributed by atoms with Crippen molar-refractivity contribution in [3.63, 3.8) is 0 Å². The zero-order chi connectivity index (χ0) is 21.9. The van der Waals surface area contributed by atoms with Gasteiger partial charge in [0, 0.05) is 24.8 Å². The predicted octanol–water partition coefficient (Wildman–Crippen LogP) is 2.20. The predicted molar refractivity (Wildman–Crippen MR) is 117 cm³/mol. The largest absolute Gasteiger partial charge is 0.444 e. The number of carbonyl (C=O) groups is 2. The van der Waals surface area contributed by atoms with Gasteiger partial charge < -0.3 is 15.0 Å². The molecule has 30 heavy (non-hydrogen) atoms. The lowest BCUT2D eigenvalue weighted by Crippen LogP contribution is -2.37. The number of rotatable bonds is 5. The van der Waals surface area contributed by atoms with E-state index in [2.05, 4.69) is 10.3 Å². The average Bonchev–Trinajstić information content (AvgIpc) is 3.07. The molecule has 8 nitrogen and oxygen atoms in total. The maximum atomic E-state index is 12.4. The molecule has 0 bridgehead atoms. The molecule has 1 aromatic rings. The van der Waals surface area contributed by atoms with Gasteiger partial charge in [-0.2, -0.15) is 4.99 Å². The van der Waals surface area contributed by atoms with Gasteiger partial charge in [0.25, 0.3) is 0 Å². The number of alkyl carbamates (subject to hydrolysis) is 1. The zero-order valence-corrected chi connectivity index (χ0v) is 19.0. The normalized spacial score (nSPS) is 24.0. The van der Waals surface area contributed by atoms with E-state index in [-0.39, 0.29) is 41.7 Å². The lowest BCUT2D eigenvalue weighted by Gasteiger charge is -2.24. The van der Waals surface area contributed by atoms with E-state index in [4.69, 9.17) is 4.74 Å². The fraction of sp³-hybridized carbons (Fsp3) is 0.550. The first-order chi connectivity index (χ1) is 14.0. The summed E-state index contributed by atoms with van der Waals surface area (Å²) in [5, 5.41) is 2.97. The molecular formula is C20H27N3O5S2. The molecule has 1 N–H and O–H groups in total. The Morgan fingerprint density at radius 1 is 1.23 bits per heavy atom. The Labute approximate surface area is 181 Å². The van der Waals surface area contributed by atoms with Crippen LogP contribution in [0.3, 0.4) is 0 Å². The molecule has 2 fully saturated rings. The topological polar surface area (TPSA) is 105 Å². The first-order valence-corrected chi connectivity index (χ1v) is 12.5. The van der Waals surface area contributed by atoms with Crippen LogP contribution in [0.2, 0.25) is 0 Å². The van der Waals surface area contributed by atoms with Crippen LogP contribution in [0.1, 0.15) is 32.8 Å². The summed E-state index contributed by atoms with van der Waals surface area (Å²) >= 11 is 1.35. The maximum absolute atomic E-state index is 12.4. The van der Waals surface area contributed by atoms with Crippen molar-refractivity contribution in [2.75, 3.05) is 18.1 Å². The fourth-order valence-corrected chi connectivity index (χ4v) is 7.32. The molecule has 2 amide bonds. The van der Waals surface area contributed by atoms with E-state index >= 15 is 0 Å². The summed E-state index contributed by atoms with van der Waals surface area (Å²) in [6.07, 6.45) is -0.542. The standard InChI is InChI=1S/C20H27N3O5S2/c1-20(2,3)28-19(25)21-10-9-17(24)22-18-23(11-14-7-5-4-6-8-14)15-12-30(26,27)13-16(15)29-18/h4-8,15-16H,9-13H2,1-3H3,(H,21,25)/t15-,16-/m1/s1. The molecule has 2 atom stereocenters. The molecule has 2 aliphatic heterocycles. The molecule has 0 unspecified atom stereocenters. The third kappa shape index (κ3) is 6.21. The number of nitrogens with one attached hydrogen (secondary N) is 1. The van der Waals surface area contributed by atoms with Crippen molar-refractivity contribution >= 4 is 38.8 Å². The SMILES string of the molecule is CC(C)(C)OC(=O)NCCC(=O)N=C1S[C@@H]2CS(=O)(=O)C[C@H]2N1Cc1ccccc1. The molecule has 0 radical (unpaired) electrons. The summed E-state index contributed by atoms with van der Waals surface area (Å²) in [4.78, 5) is 30.2. The highest BCUT2D eigenvalue weighted by Gasteiger charge is 2.48. The number of nitrogens with zero attached hydrogens (tertiary/aromatic N) is 2. The number of fused-ring (bicyclic) bond motifs is 1. The number of benzene rings is 1. The summed E-state index contributed by atoms with van der Waals surface area (Å²) in [5.74, 6) is -0.194. The molecule has 164 valence electrons. The van der Waals surface area contributed by atoms with Crippen LogP contribution in [-0.2, 0) is 25.9 Å². The van der Waals surface area contributed by atoms with Crippen molar-refractivity contribution in [1.29, 1.82) is 0 Å². The Morgan fingerprint density at radius 3 is 2.60 bits per heavy atom. The minimum absolute atomic E-state index is 0.0378. The molecule has 2 aliphatic rings. The van der Waals surface area contributed by atoms with Crippen molar-refractivity contribution in [3.8, 4) is 0 Å². The third-order valence-corrected chi connectivity index (χ3v) is 7.85. The number of sulfone groups is 1. The van der Waals surface area contributed by atoms with E-state index in [0.29, 0.717) is 11.7 Å². The maximum Gasteiger partial charge on any atom is 0.407 e. The summed E-state index contributed by atoms with van der Waals surface area (Å²) < 4.78 is 29.3. The molecule has 2 heterocycles. The van der Waals surface area contributed by atoms with Crippen molar-refractivity contribution < 1.29 is 22.7 Å². The van der Waals surface area contributed by atoms with E-state index in [0.717, 1.165) is 5.56 Å². The highest BCUT2D eigenvalue weighted by atomic mass is 32.2. The molecule has 1 aromatic carbocycles. The van der Waals surface area contributed by atoms with Crippen molar-refractivity contribution in [2.45, 2.75) is 50.6 Å². The van der Waals surface area contributed by atoms with Gasteiger partial charge in [-0.3, -0.25) is 4.79 Å². The summed E-state index contributed by atoms with van der Waals surface area (Å²) in [6.45, 7) is 5.90. The number of thioether (sulfide) groups is 1. The van der Waals surface area contributed by atoms with Gasteiger partial charge in [0.15, 0.2) is 15.0 Å². The molecular weight excluding hydrogens is 426 g/mol. The van der Waals surface area contributed by atoms with Gasteiger partial charge in [0.1, 0.15) is 5.60 Å². The summed E-state index contributed by atoms with van der Waals surface area (Å²) in [6, 6.07) is 9.50. The highest BCUT2D eigenvalue weighted by molar-refractivity contribution is 8.15. The number of ether oxygens (including phenoxy) is 1. The monoisotopic (exact) mass is 453 g/mol. The lowest BCUT2D eigenvalue weighted by atomic mass is 10.1. The number of carbonyl (C=O) groups excluding carboxylic acids is 2. The van der Waals surface area contributed by atoms with E-state index in [1.54, 1.807) is 20.8 Å². The van der Waals surface area contributed by atoms with Crippen LogP contribution >= 0.6 is 11.8 Å². The number of hydrogen-bond acceptors (Lipinski definition) is 6. The van der Waals surface area contributed by atoms with Gasteiger partial charge in [0.2, 0.25) is 5.91 Å². The first kappa shape index (κ1) is 22.6. The van der Waals surface area contributed by atoms with Crippen molar-refractivity contribution in [1.82, 2.24) is 10.2 Å². The second-order valence-corrected chi connectivity index (χ2v) is 11.7. The number of amides is 2. The van der Waals surface area contributed by atoms with Gasteiger partial charge in [-0.25, -0.2) is 13.2 Å². The van der Waals surface area contributed by atoms with Gasteiger partial charge in [-0.1, -0.05) is 42.1 Å². The van der Waals surface area contributed by atoms with Gasteiger partial charge in [-0.15, -0.1) is 0 Å². The molecule has 0 saturated carbocycles. The van der Waals surface area contributed by atoms with E-state index in [1.165, 1.54) is 11.8 Å². The van der Waals surface area contributed by atoms with Crippen LogP contribution in [0.4, 0.5) is 4.79 Å². The third-order valence-electron chi connectivity index (χ3n) is 4.60. The number of amidine groups is 1. The number of aliphatic imine (C=N–C) groups is 1. The Bertz CT molecular complexity index is 926. The second-order valence-electron chi connectivity index (χ2n) is 8.38. The quantitative estimate of drug-likeness (QED) is 0.729. The van der Waals surface area contributed by atoms with Crippen molar-refractivity contribution in [2.24, 2.45) is 4.99 Å². The molecule has 0 aliphatic carbocycles. The lowest BCUT2D eigenvalue weighted by molar-refractivity contribution is -0.117. The average molecular weight is 454 g/mol. The Morgan fingerprint density at radius 2 is 1.93 bits per heavy atom. The van der Waals surface area contributed by atoms with Crippen molar-refractivity contribution in [3.05, 3.63) is 35.9 Å². The smallest absolute Gasteiger partial charge is 0.407 e. The molecule has 0 spiro atoms. The molecule has 2 saturated heterocycles. The van der Waals surface area contributed by atoms with Gasteiger partial charge >= 0.3 is 6.09 Å². The van der Waals surface area contributed by atoms with Crippen LogP contribution in [0.25, 0.3) is 0 Å². The van der Waals surface area contributed by atoms with E-state index in [1.807, 2.05) is 35.2 Å². The Hall–Kier alpha value is -2.07. The van der Waals surface area contributed by atoms with E-state index in [9.17, 15) is 18.0 Å². The molecule has 0 aromatic heterocycles. The van der Waals surface area contributed by atoms with Crippen LogP contribution in [0, 0.1) is 0 Å². The van der Waals surface area contributed by atoms with Crippen LogP contribution in [-0.4, -0.2) is 65.4 Å². The van der Waals surface area contributed by atoms with Crippen LogP contribution in [0.5, 0.6) is 0 Å². The van der Waals surface area contributed by atoms with Crippen LogP contribution in [0.15, 0.2) is 35.3 Å². The zero-order valence-electron chi connectivity index (χ0n) is 17.3. The second kappa shape index (κ2) is 8.97. The Kier molecular flexibility index (Phi) is 6.76. The first-order valence-electron chi connectivity index (χ1n) is 9.78. The summed E-state index contributed by atoms with van der Waals surface area (Å²) in [5.41, 5.74) is 0.417. The van der Waals surface area contributed by atoms with E-state index < -0.39 is 21.5 Å². The van der Waals surface area contributed by atoms with Crippen LogP contribution < -0.4 is 5.32 Å². The van der Waals surface area contributed by atoms with Gasteiger partial charge in [-0.05, 0) is 26.3 Å². The number of hydrogen-bond donors (Lipinski definition) is 1.